The number of hydrogen-bond donors (Lipinski definition) is 2. The predicted molar refractivity (Wildman–Crippen MR) is 88.4 cm³/mol. The molecule has 1 atom stereocenters. The van der Waals surface area contributed by atoms with Crippen LogP contribution in [-0.2, 0) is 16.1 Å². The third-order valence-corrected chi connectivity index (χ3v) is 5.04. The molecule has 1 unspecified atom stereocenters. The first kappa shape index (κ1) is 15.4. The summed E-state index contributed by atoms with van der Waals surface area (Å²) in [6, 6.07) is 10.1. The summed E-state index contributed by atoms with van der Waals surface area (Å²) in [4.78, 5) is 13.6. The lowest BCUT2D eigenvalue weighted by atomic mass is 9.78. The number of nitrogens with zero attached hydrogens (tertiary/aromatic N) is 2. The van der Waals surface area contributed by atoms with Gasteiger partial charge in [0.1, 0.15) is 0 Å². The Morgan fingerprint density at radius 1 is 1.38 bits per heavy atom. The molecule has 1 aromatic heterocycles. The summed E-state index contributed by atoms with van der Waals surface area (Å²) in [6.45, 7) is 1.88. The number of carboxylic acid groups (broad SMARTS) is 1. The van der Waals surface area contributed by atoms with Crippen LogP contribution in [0.4, 0.5) is 0 Å². The highest BCUT2D eigenvalue weighted by atomic mass is 16.5. The van der Waals surface area contributed by atoms with E-state index >= 15 is 0 Å². The molecule has 1 aromatic carbocycles. The Morgan fingerprint density at radius 3 is 2.83 bits per heavy atom. The van der Waals surface area contributed by atoms with Crippen molar-refractivity contribution in [1.82, 2.24) is 15.1 Å². The molecule has 2 heterocycles. The number of carboxylic acids is 1. The van der Waals surface area contributed by atoms with Crippen LogP contribution in [0.5, 0.6) is 0 Å². The summed E-state index contributed by atoms with van der Waals surface area (Å²) in [5.41, 5.74) is 2.91. The Kier molecular flexibility index (Phi) is 3.86. The lowest BCUT2D eigenvalue weighted by Crippen LogP contribution is -2.60. The number of morpholine rings is 1. The second kappa shape index (κ2) is 6.03. The zero-order valence-electron chi connectivity index (χ0n) is 13.4. The maximum atomic E-state index is 11.4. The second-order valence-electron chi connectivity index (χ2n) is 6.79. The summed E-state index contributed by atoms with van der Waals surface area (Å²) < 4.78 is 5.87. The first-order valence-corrected chi connectivity index (χ1v) is 8.36. The van der Waals surface area contributed by atoms with E-state index in [1.54, 1.807) is 0 Å². The van der Waals surface area contributed by atoms with Crippen molar-refractivity contribution >= 4 is 5.97 Å². The summed E-state index contributed by atoms with van der Waals surface area (Å²) in [6.07, 6.45) is 4.10. The highest BCUT2D eigenvalue weighted by molar-refractivity contribution is 5.73. The molecule has 6 nitrogen and oxygen atoms in total. The lowest BCUT2D eigenvalue weighted by Gasteiger charge is -2.50. The normalized spacial score (nSPS) is 23.1. The summed E-state index contributed by atoms with van der Waals surface area (Å²) in [7, 11) is 0. The van der Waals surface area contributed by atoms with Gasteiger partial charge in [-0.2, -0.15) is 5.10 Å². The average molecular weight is 327 g/mol. The van der Waals surface area contributed by atoms with Crippen LogP contribution in [0.25, 0.3) is 11.3 Å². The van der Waals surface area contributed by atoms with Crippen LogP contribution >= 0.6 is 0 Å². The predicted octanol–water partition coefficient (Wildman–Crippen LogP) is 2.28. The SMILES string of the molecule is O=C(O)C1CN(Cc2cn[nH]c2-c2ccccc2)CC2(CCC2)O1. The molecular weight excluding hydrogens is 306 g/mol. The van der Waals surface area contributed by atoms with Crippen LogP contribution in [0.1, 0.15) is 24.8 Å². The molecule has 1 saturated heterocycles. The Labute approximate surface area is 140 Å². The molecule has 2 N–H and O–H groups in total. The van der Waals surface area contributed by atoms with Gasteiger partial charge in [0.15, 0.2) is 6.10 Å². The van der Waals surface area contributed by atoms with Gasteiger partial charge < -0.3 is 9.84 Å². The molecule has 6 heteroatoms. The van der Waals surface area contributed by atoms with Crippen LogP contribution in [0, 0.1) is 0 Å². The molecule has 0 amide bonds. The maximum absolute atomic E-state index is 11.4. The van der Waals surface area contributed by atoms with E-state index in [1.165, 1.54) is 0 Å². The van der Waals surface area contributed by atoms with E-state index in [0.29, 0.717) is 13.1 Å². The first-order valence-electron chi connectivity index (χ1n) is 8.36. The molecule has 126 valence electrons. The van der Waals surface area contributed by atoms with Gasteiger partial charge in [-0.3, -0.25) is 10.00 Å². The number of aromatic amines is 1. The average Bonchev–Trinajstić information content (AvgIpc) is 3.02. The largest absolute Gasteiger partial charge is 0.479 e. The molecule has 2 aliphatic rings. The minimum atomic E-state index is -0.874. The second-order valence-corrected chi connectivity index (χ2v) is 6.79. The van der Waals surface area contributed by atoms with E-state index in [-0.39, 0.29) is 5.60 Å². The van der Waals surface area contributed by atoms with Crippen LogP contribution in [0.3, 0.4) is 0 Å². The van der Waals surface area contributed by atoms with Gasteiger partial charge in [-0.1, -0.05) is 30.3 Å². The van der Waals surface area contributed by atoms with Gasteiger partial charge in [0.25, 0.3) is 0 Å². The minimum Gasteiger partial charge on any atom is -0.479 e. The zero-order valence-corrected chi connectivity index (χ0v) is 13.4. The van der Waals surface area contributed by atoms with E-state index in [4.69, 9.17) is 4.74 Å². The molecule has 24 heavy (non-hydrogen) atoms. The van der Waals surface area contributed by atoms with E-state index in [9.17, 15) is 9.90 Å². The topological polar surface area (TPSA) is 78.5 Å². The summed E-state index contributed by atoms with van der Waals surface area (Å²) >= 11 is 0. The van der Waals surface area contributed by atoms with Gasteiger partial charge in [-0.05, 0) is 24.8 Å². The van der Waals surface area contributed by atoms with Crippen LogP contribution in [0.2, 0.25) is 0 Å². The molecule has 1 spiro atoms. The van der Waals surface area contributed by atoms with Gasteiger partial charge in [0.05, 0.1) is 17.5 Å². The number of hydrogen-bond acceptors (Lipinski definition) is 4. The Bertz CT molecular complexity index is 724. The fourth-order valence-corrected chi connectivity index (χ4v) is 3.71. The van der Waals surface area contributed by atoms with Crippen molar-refractivity contribution in [2.45, 2.75) is 37.5 Å². The maximum Gasteiger partial charge on any atom is 0.334 e. The van der Waals surface area contributed by atoms with Crippen LogP contribution < -0.4 is 0 Å². The van der Waals surface area contributed by atoms with E-state index in [1.807, 2.05) is 36.5 Å². The Balaban J connectivity index is 1.55. The summed E-state index contributed by atoms with van der Waals surface area (Å²) in [5.74, 6) is -0.874. The van der Waals surface area contributed by atoms with Crippen molar-refractivity contribution in [2.24, 2.45) is 0 Å². The number of nitrogens with one attached hydrogen (secondary N) is 1. The van der Waals surface area contributed by atoms with Crippen LogP contribution in [-0.4, -0.2) is 51.0 Å². The van der Waals surface area contributed by atoms with Gasteiger partial charge in [-0.25, -0.2) is 4.79 Å². The molecule has 1 aliphatic heterocycles. The highest BCUT2D eigenvalue weighted by Gasteiger charge is 2.47. The van der Waals surface area contributed by atoms with Gasteiger partial charge in [0, 0.05) is 25.2 Å². The molecule has 1 saturated carbocycles. The highest BCUT2D eigenvalue weighted by Crippen LogP contribution is 2.40. The molecule has 2 aromatic rings. The van der Waals surface area contributed by atoms with Crippen molar-refractivity contribution in [3.05, 3.63) is 42.1 Å². The third-order valence-electron chi connectivity index (χ3n) is 5.04. The van der Waals surface area contributed by atoms with E-state index in [2.05, 4.69) is 15.1 Å². The third kappa shape index (κ3) is 2.83. The quantitative estimate of drug-likeness (QED) is 0.901. The smallest absolute Gasteiger partial charge is 0.334 e. The molecular formula is C18H21N3O3. The van der Waals surface area contributed by atoms with Gasteiger partial charge in [0.2, 0.25) is 0 Å². The number of rotatable bonds is 4. The van der Waals surface area contributed by atoms with Crippen LogP contribution in [0.15, 0.2) is 36.5 Å². The van der Waals surface area contributed by atoms with Crippen molar-refractivity contribution in [3.8, 4) is 11.3 Å². The van der Waals surface area contributed by atoms with Gasteiger partial charge >= 0.3 is 5.97 Å². The number of ether oxygens (including phenoxy) is 1. The van der Waals surface area contributed by atoms with Gasteiger partial charge in [-0.15, -0.1) is 0 Å². The van der Waals surface area contributed by atoms with E-state index in [0.717, 1.165) is 42.6 Å². The monoisotopic (exact) mass is 327 g/mol. The number of H-pyrrole nitrogens is 1. The molecule has 0 radical (unpaired) electrons. The summed E-state index contributed by atoms with van der Waals surface area (Å²) in [5, 5.41) is 16.7. The first-order chi connectivity index (χ1) is 11.7. The van der Waals surface area contributed by atoms with E-state index < -0.39 is 12.1 Å². The number of aromatic nitrogens is 2. The Hall–Kier alpha value is -2.18. The fourth-order valence-electron chi connectivity index (χ4n) is 3.71. The molecule has 2 fully saturated rings. The van der Waals surface area contributed by atoms with Crippen molar-refractivity contribution in [1.29, 1.82) is 0 Å². The standard InChI is InChI=1S/C18H21N3O3/c22-17(23)15-11-21(12-18(24-15)7-4-8-18)10-14-9-19-20-16(14)13-5-2-1-3-6-13/h1-3,5-6,9,15H,4,7-8,10-12H2,(H,19,20)(H,22,23). The minimum absolute atomic E-state index is 0.266. The van der Waals surface area contributed by atoms with Crippen molar-refractivity contribution in [2.75, 3.05) is 13.1 Å². The fraction of sp³-hybridized carbons (Fsp3) is 0.444. The molecule has 0 bridgehead atoms. The Morgan fingerprint density at radius 2 is 2.17 bits per heavy atom. The zero-order chi connectivity index (χ0) is 16.6. The van der Waals surface area contributed by atoms with Crippen molar-refractivity contribution in [3.63, 3.8) is 0 Å². The number of benzene rings is 1. The number of carbonyl (C=O) groups is 1. The van der Waals surface area contributed by atoms with Crippen molar-refractivity contribution < 1.29 is 14.6 Å². The lowest BCUT2D eigenvalue weighted by molar-refractivity contribution is -0.206. The molecule has 4 rings (SSSR count). The number of aliphatic carboxylic acids is 1. The molecule has 1 aliphatic carbocycles.